The van der Waals surface area contributed by atoms with Gasteiger partial charge in [-0.1, -0.05) is 23.2 Å². The van der Waals surface area contributed by atoms with Gasteiger partial charge in [0.25, 0.3) is 0 Å². The van der Waals surface area contributed by atoms with E-state index in [-0.39, 0.29) is 5.95 Å². The molecule has 0 radical (unpaired) electrons. The number of nitrogens with two attached hydrogens (primary N) is 1. The molecule has 2 aromatic rings. The van der Waals surface area contributed by atoms with Gasteiger partial charge in [-0.15, -0.1) is 0 Å². The molecule has 17 heavy (non-hydrogen) atoms. The lowest BCUT2D eigenvalue weighted by atomic mass is 10.3. The molecule has 0 aliphatic carbocycles. The van der Waals surface area contributed by atoms with Crippen molar-refractivity contribution >= 4 is 56.6 Å². The Labute approximate surface area is 116 Å². The standard InChI is InChI=1S/C10H7BrCl2N4/c11-6-3-5(12)1-2-8(6)16-9-7(13)4-15-10(14)17-9/h1-4H,(H3,14,15,16,17). The molecule has 0 amide bonds. The summed E-state index contributed by atoms with van der Waals surface area (Å²) < 4.78 is 0.804. The molecule has 0 saturated heterocycles. The van der Waals surface area contributed by atoms with Crippen molar-refractivity contribution in [1.29, 1.82) is 0 Å². The first-order valence-electron chi connectivity index (χ1n) is 4.56. The third kappa shape index (κ3) is 3.00. The lowest BCUT2D eigenvalue weighted by molar-refractivity contribution is 1.18. The lowest BCUT2D eigenvalue weighted by Crippen LogP contribution is -2.00. The van der Waals surface area contributed by atoms with Gasteiger partial charge in [-0.2, -0.15) is 4.98 Å². The van der Waals surface area contributed by atoms with Crippen molar-refractivity contribution in [2.45, 2.75) is 0 Å². The van der Waals surface area contributed by atoms with Crippen LogP contribution in [0.15, 0.2) is 28.9 Å². The molecule has 0 aliphatic rings. The highest BCUT2D eigenvalue weighted by Crippen LogP contribution is 2.30. The number of hydrogen-bond donors (Lipinski definition) is 2. The first kappa shape index (κ1) is 12.4. The molecule has 0 saturated carbocycles. The van der Waals surface area contributed by atoms with Crippen molar-refractivity contribution in [3.63, 3.8) is 0 Å². The number of halogens is 3. The Morgan fingerprint density at radius 2 is 2.06 bits per heavy atom. The molecular formula is C10H7BrCl2N4. The monoisotopic (exact) mass is 332 g/mol. The van der Waals surface area contributed by atoms with Crippen LogP contribution in [0, 0.1) is 0 Å². The van der Waals surface area contributed by atoms with Crippen LogP contribution in [0.2, 0.25) is 10.0 Å². The maximum absolute atomic E-state index is 5.95. The van der Waals surface area contributed by atoms with Crippen molar-refractivity contribution in [1.82, 2.24) is 9.97 Å². The number of nitrogen functional groups attached to an aromatic ring is 1. The summed E-state index contributed by atoms with van der Waals surface area (Å²) in [6.07, 6.45) is 1.44. The van der Waals surface area contributed by atoms with Gasteiger partial charge >= 0.3 is 0 Å². The molecule has 88 valence electrons. The summed E-state index contributed by atoms with van der Waals surface area (Å²) in [6, 6.07) is 5.33. The molecule has 1 aromatic heterocycles. The van der Waals surface area contributed by atoms with Gasteiger partial charge in [-0.05, 0) is 34.1 Å². The molecule has 0 atom stereocenters. The van der Waals surface area contributed by atoms with Crippen molar-refractivity contribution in [2.75, 3.05) is 11.1 Å². The van der Waals surface area contributed by atoms with Gasteiger partial charge in [0, 0.05) is 9.50 Å². The Hall–Kier alpha value is -1.04. The van der Waals surface area contributed by atoms with Crippen molar-refractivity contribution in [2.24, 2.45) is 0 Å². The zero-order valence-corrected chi connectivity index (χ0v) is 11.5. The van der Waals surface area contributed by atoms with E-state index < -0.39 is 0 Å². The fourth-order valence-corrected chi connectivity index (χ4v) is 2.11. The predicted molar refractivity (Wildman–Crippen MR) is 73.9 cm³/mol. The van der Waals surface area contributed by atoms with Crippen LogP contribution in [0.5, 0.6) is 0 Å². The molecular weight excluding hydrogens is 327 g/mol. The summed E-state index contributed by atoms with van der Waals surface area (Å²) in [4.78, 5) is 7.78. The zero-order chi connectivity index (χ0) is 12.4. The maximum atomic E-state index is 5.95. The molecule has 2 rings (SSSR count). The van der Waals surface area contributed by atoms with Gasteiger partial charge in [0.2, 0.25) is 5.95 Å². The van der Waals surface area contributed by atoms with Crippen LogP contribution in [0.25, 0.3) is 0 Å². The SMILES string of the molecule is Nc1ncc(Cl)c(Nc2ccc(Cl)cc2Br)n1. The number of nitrogens with one attached hydrogen (secondary N) is 1. The molecule has 0 bridgehead atoms. The van der Waals surface area contributed by atoms with Gasteiger partial charge in [0.15, 0.2) is 5.82 Å². The Balaban J connectivity index is 2.34. The quantitative estimate of drug-likeness (QED) is 0.875. The number of aromatic nitrogens is 2. The Kier molecular flexibility index (Phi) is 3.71. The van der Waals surface area contributed by atoms with E-state index in [1.807, 2.05) is 0 Å². The molecule has 0 spiro atoms. The summed E-state index contributed by atoms with van der Waals surface area (Å²) in [6.45, 7) is 0. The second kappa shape index (κ2) is 5.08. The van der Waals surface area contributed by atoms with E-state index in [1.54, 1.807) is 18.2 Å². The van der Waals surface area contributed by atoms with Gasteiger partial charge in [-0.3, -0.25) is 0 Å². The summed E-state index contributed by atoms with van der Waals surface area (Å²) >= 11 is 15.2. The summed E-state index contributed by atoms with van der Waals surface area (Å²) in [7, 11) is 0. The second-order valence-electron chi connectivity index (χ2n) is 3.17. The average molecular weight is 334 g/mol. The second-order valence-corrected chi connectivity index (χ2v) is 4.87. The van der Waals surface area contributed by atoms with E-state index in [0.717, 1.165) is 10.2 Å². The lowest BCUT2D eigenvalue weighted by Gasteiger charge is -2.09. The Morgan fingerprint density at radius 3 is 2.76 bits per heavy atom. The van der Waals surface area contributed by atoms with Gasteiger partial charge in [0.05, 0.1) is 11.9 Å². The topological polar surface area (TPSA) is 63.8 Å². The first-order valence-corrected chi connectivity index (χ1v) is 6.11. The molecule has 1 aromatic carbocycles. The van der Waals surface area contributed by atoms with E-state index in [1.165, 1.54) is 6.20 Å². The number of hydrogen-bond acceptors (Lipinski definition) is 4. The third-order valence-electron chi connectivity index (χ3n) is 1.95. The molecule has 0 unspecified atom stereocenters. The highest BCUT2D eigenvalue weighted by molar-refractivity contribution is 9.10. The fourth-order valence-electron chi connectivity index (χ4n) is 1.19. The highest BCUT2D eigenvalue weighted by Gasteiger charge is 2.06. The fraction of sp³-hybridized carbons (Fsp3) is 0. The molecule has 0 aliphatic heterocycles. The van der Waals surface area contributed by atoms with Crippen molar-refractivity contribution in [3.05, 3.63) is 38.9 Å². The normalized spacial score (nSPS) is 10.3. The summed E-state index contributed by atoms with van der Waals surface area (Å²) in [5.74, 6) is 0.601. The highest BCUT2D eigenvalue weighted by atomic mass is 79.9. The van der Waals surface area contributed by atoms with Crippen LogP contribution in [-0.2, 0) is 0 Å². The molecule has 7 heteroatoms. The average Bonchev–Trinajstić information content (AvgIpc) is 2.27. The summed E-state index contributed by atoms with van der Waals surface area (Å²) in [5, 5.41) is 4.06. The predicted octanol–water partition coefficient (Wildman–Crippen LogP) is 3.87. The summed E-state index contributed by atoms with van der Waals surface area (Å²) in [5.41, 5.74) is 6.28. The van der Waals surface area contributed by atoms with Crippen LogP contribution in [0.1, 0.15) is 0 Å². The maximum Gasteiger partial charge on any atom is 0.222 e. The van der Waals surface area contributed by atoms with Crippen LogP contribution in [0.3, 0.4) is 0 Å². The van der Waals surface area contributed by atoms with E-state index >= 15 is 0 Å². The van der Waals surface area contributed by atoms with E-state index in [9.17, 15) is 0 Å². The number of nitrogens with zero attached hydrogens (tertiary/aromatic N) is 2. The zero-order valence-electron chi connectivity index (χ0n) is 8.42. The van der Waals surface area contributed by atoms with Gasteiger partial charge < -0.3 is 11.1 Å². The van der Waals surface area contributed by atoms with E-state index in [4.69, 9.17) is 28.9 Å². The van der Waals surface area contributed by atoms with E-state index in [0.29, 0.717) is 15.9 Å². The van der Waals surface area contributed by atoms with Crippen LogP contribution in [0.4, 0.5) is 17.5 Å². The number of anilines is 3. The molecule has 3 N–H and O–H groups in total. The van der Waals surface area contributed by atoms with Gasteiger partial charge in [0.1, 0.15) is 5.02 Å². The minimum atomic E-state index is 0.155. The van der Waals surface area contributed by atoms with Crippen molar-refractivity contribution < 1.29 is 0 Å². The molecule has 0 fully saturated rings. The Bertz CT molecular complexity index is 562. The van der Waals surface area contributed by atoms with Crippen LogP contribution in [-0.4, -0.2) is 9.97 Å². The largest absolute Gasteiger partial charge is 0.368 e. The minimum Gasteiger partial charge on any atom is -0.368 e. The van der Waals surface area contributed by atoms with Crippen molar-refractivity contribution in [3.8, 4) is 0 Å². The van der Waals surface area contributed by atoms with E-state index in [2.05, 4.69) is 31.2 Å². The number of rotatable bonds is 2. The third-order valence-corrected chi connectivity index (χ3v) is 3.11. The van der Waals surface area contributed by atoms with Gasteiger partial charge in [-0.25, -0.2) is 4.98 Å². The number of benzene rings is 1. The Morgan fingerprint density at radius 1 is 1.29 bits per heavy atom. The minimum absolute atomic E-state index is 0.155. The first-order chi connectivity index (χ1) is 8.06. The van der Waals surface area contributed by atoms with Crippen LogP contribution < -0.4 is 11.1 Å². The smallest absolute Gasteiger partial charge is 0.222 e. The molecule has 1 heterocycles. The molecule has 4 nitrogen and oxygen atoms in total. The van der Waals surface area contributed by atoms with Crippen LogP contribution >= 0.6 is 39.1 Å².